The molecule has 0 amide bonds. The van der Waals surface area contributed by atoms with Gasteiger partial charge in [0.1, 0.15) is 0 Å². The Morgan fingerprint density at radius 2 is 0.731 bits per heavy atom. The summed E-state index contributed by atoms with van der Waals surface area (Å²) in [5, 5.41) is 0. The molecule has 0 nitrogen and oxygen atoms in total. The van der Waals surface area contributed by atoms with Crippen LogP contribution >= 0.6 is 48.0 Å². The monoisotopic (exact) mass is 982 g/mol. The van der Waals surface area contributed by atoms with E-state index >= 15 is 0 Å². The molecule has 0 atom stereocenters. The SMILES string of the molecule is Cc1ccc(C(C)C)cc1.Cc1ccc(C(C)C)cc1.I.I.[I-].[I-].[Ru+2].[Ru+]. The van der Waals surface area contributed by atoms with Crippen molar-refractivity contribution in [2.75, 3.05) is 0 Å². The molecule has 0 aliphatic heterocycles. The van der Waals surface area contributed by atoms with Crippen molar-refractivity contribution in [3.05, 3.63) is 70.8 Å². The van der Waals surface area contributed by atoms with Crippen LogP contribution in [0.3, 0.4) is 0 Å². The Labute approximate surface area is 255 Å². The van der Waals surface area contributed by atoms with Gasteiger partial charge >= 0.3 is 39.0 Å². The van der Waals surface area contributed by atoms with Gasteiger partial charge in [0, 0.05) is 0 Å². The second kappa shape index (κ2) is 23.9. The minimum absolute atomic E-state index is 0. The van der Waals surface area contributed by atoms with E-state index < -0.39 is 0 Å². The predicted molar refractivity (Wildman–Crippen MR) is 121 cm³/mol. The third-order valence-corrected chi connectivity index (χ3v) is 3.49. The standard InChI is InChI=1S/2C10H14.4HI.2Ru/c2*1-8(2)10-6-4-9(3)5-7-10;;;;;;/h2*4-8H,1-3H3;4*1H;;/q;;;;;;+1;+2/p-2. The molecule has 0 bridgehead atoms. The number of benzene rings is 2. The molecule has 0 aliphatic rings. The molecule has 0 aliphatic carbocycles. The summed E-state index contributed by atoms with van der Waals surface area (Å²) >= 11 is 0. The van der Waals surface area contributed by atoms with E-state index in [1.807, 2.05) is 0 Å². The zero-order valence-corrected chi connectivity index (χ0v) is 28.5. The topological polar surface area (TPSA) is 0 Å². The van der Waals surface area contributed by atoms with E-state index in [0.29, 0.717) is 11.8 Å². The van der Waals surface area contributed by atoms with Crippen molar-refractivity contribution in [2.24, 2.45) is 0 Å². The molecular formula is C20H30I4Ru2+. The first-order valence-electron chi connectivity index (χ1n) is 7.53. The van der Waals surface area contributed by atoms with Crippen molar-refractivity contribution in [3.8, 4) is 0 Å². The Balaban J connectivity index is -0.0000000625. The predicted octanol–water partition coefficient (Wildman–Crippen LogP) is 1.48. The molecule has 26 heavy (non-hydrogen) atoms. The summed E-state index contributed by atoms with van der Waals surface area (Å²) in [7, 11) is 0. The summed E-state index contributed by atoms with van der Waals surface area (Å²) < 4.78 is 0. The van der Waals surface area contributed by atoms with Gasteiger partial charge in [-0.25, -0.2) is 0 Å². The number of rotatable bonds is 2. The van der Waals surface area contributed by atoms with E-state index in [2.05, 4.69) is 90.1 Å². The van der Waals surface area contributed by atoms with Crippen LogP contribution in [0.4, 0.5) is 0 Å². The summed E-state index contributed by atoms with van der Waals surface area (Å²) in [6, 6.07) is 17.4. The van der Waals surface area contributed by atoms with Crippen molar-refractivity contribution >= 4 is 48.0 Å². The average Bonchev–Trinajstić information content (AvgIpc) is 2.40. The van der Waals surface area contributed by atoms with E-state index in [1.54, 1.807) is 0 Å². The molecule has 1 radical (unpaired) electrons. The summed E-state index contributed by atoms with van der Waals surface area (Å²) in [5.74, 6) is 1.31. The van der Waals surface area contributed by atoms with Gasteiger partial charge in [0.05, 0.1) is 0 Å². The molecule has 0 N–H and O–H groups in total. The quantitative estimate of drug-likeness (QED) is 0.317. The molecule has 0 heterocycles. The molecule has 0 aromatic heterocycles. The first kappa shape index (κ1) is 42.7. The van der Waals surface area contributed by atoms with Crippen molar-refractivity contribution in [1.29, 1.82) is 0 Å². The van der Waals surface area contributed by atoms with Crippen LogP contribution in [0.2, 0.25) is 0 Å². The van der Waals surface area contributed by atoms with E-state index in [1.165, 1.54) is 22.3 Å². The zero-order chi connectivity index (χ0) is 15.1. The van der Waals surface area contributed by atoms with Crippen molar-refractivity contribution in [1.82, 2.24) is 0 Å². The van der Waals surface area contributed by atoms with Crippen molar-refractivity contribution < 1.29 is 86.9 Å². The van der Waals surface area contributed by atoms with E-state index in [-0.39, 0.29) is 135 Å². The van der Waals surface area contributed by atoms with Gasteiger partial charge in [0.25, 0.3) is 0 Å². The molecule has 0 saturated carbocycles. The summed E-state index contributed by atoms with van der Waals surface area (Å²) in [4.78, 5) is 0. The van der Waals surface area contributed by atoms with Gasteiger partial charge < -0.3 is 48.0 Å². The van der Waals surface area contributed by atoms with Crippen molar-refractivity contribution in [3.63, 3.8) is 0 Å². The second-order valence-corrected chi connectivity index (χ2v) is 6.13. The van der Waals surface area contributed by atoms with Crippen LogP contribution < -0.4 is 48.0 Å². The maximum atomic E-state index is 2.21. The van der Waals surface area contributed by atoms with Gasteiger partial charge in [0.2, 0.25) is 0 Å². The first-order chi connectivity index (χ1) is 9.40. The Morgan fingerprint density at radius 1 is 0.538 bits per heavy atom. The fourth-order valence-corrected chi connectivity index (χ4v) is 1.90. The fraction of sp³-hybridized carbons (Fsp3) is 0.400. The Morgan fingerprint density at radius 3 is 0.885 bits per heavy atom. The number of halogens is 4. The molecule has 0 saturated heterocycles. The van der Waals surface area contributed by atoms with Crippen LogP contribution in [0.25, 0.3) is 0 Å². The molecule has 2 aromatic rings. The van der Waals surface area contributed by atoms with Gasteiger partial charge in [-0.2, -0.15) is 0 Å². The van der Waals surface area contributed by atoms with Gasteiger partial charge in [-0.3, -0.25) is 0 Å². The van der Waals surface area contributed by atoms with Crippen LogP contribution in [-0.4, -0.2) is 0 Å². The van der Waals surface area contributed by atoms with Gasteiger partial charge in [-0.05, 0) is 36.8 Å². The van der Waals surface area contributed by atoms with Crippen LogP contribution in [0, 0.1) is 13.8 Å². The van der Waals surface area contributed by atoms with Crippen molar-refractivity contribution in [2.45, 2.75) is 53.4 Å². The minimum Gasteiger partial charge on any atom is -1.00 e. The average molecular weight is 980 g/mol. The number of hydrogen-bond acceptors (Lipinski definition) is 0. The smallest absolute Gasteiger partial charge is 1.00 e. The largest absolute Gasteiger partial charge is 2.00 e. The van der Waals surface area contributed by atoms with Crippen LogP contribution in [0.15, 0.2) is 48.5 Å². The molecule has 0 fully saturated rings. The molecule has 6 heteroatoms. The maximum Gasteiger partial charge on any atom is 2.00 e. The van der Waals surface area contributed by atoms with Crippen LogP contribution in [0.5, 0.6) is 0 Å². The van der Waals surface area contributed by atoms with E-state index in [9.17, 15) is 0 Å². The Hall–Kier alpha value is 2.61. The molecule has 2 rings (SSSR count). The maximum absolute atomic E-state index is 2.21. The van der Waals surface area contributed by atoms with E-state index in [0.717, 1.165) is 0 Å². The second-order valence-electron chi connectivity index (χ2n) is 6.13. The fourth-order valence-electron chi connectivity index (χ4n) is 1.90. The minimum atomic E-state index is 0. The summed E-state index contributed by atoms with van der Waals surface area (Å²) in [6.45, 7) is 13.1. The summed E-state index contributed by atoms with van der Waals surface area (Å²) in [6.07, 6.45) is 0. The normalized spacial score (nSPS) is 8.00. The zero-order valence-electron chi connectivity index (χ0n) is 16.1. The van der Waals surface area contributed by atoms with Gasteiger partial charge in [-0.1, -0.05) is 87.4 Å². The molecule has 153 valence electrons. The van der Waals surface area contributed by atoms with Crippen LogP contribution in [-0.2, 0) is 39.0 Å². The van der Waals surface area contributed by atoms with Gasteiger partial charge in [0.15, 0.2) is 0 Å². The molecular weight excluding hydrogens is 950 g/mol. The van der Waals surface area contributed by atoms with Crippen LogP contribution in [0.1, 0.15) is 61.8 Å². The Bertz CT molecular complexity index is 463. The third kappa shape index (κ3) is 18.6. The van der Waals surface area contributed by atoms with E-state index in [4.69, 9.17) is 0 Å². The third-order valence-electron chi connectivity index (χ3n) is 3.49. The molecule has 0 unspecified atom stereocenters. The molecule has 2 aromatic carbocycles. The molecule has 0 spiro atoms. The van der Waals surface area contributed by atoms with Gasteiger partial charge in [-0.15, -0.1) is 48.0 Å². The summed E-state index contributed by atoms with van der Waals surface area (Å²) in [5.41, 5.74) is 5.52. The first-order valence-corrected chi connectivity index (χ1v) is 7.53. The Kier molecular flexibility index (Phi) is 39.2. The number of aryl methyl sites for hydroxylation is 2. The number of hydrogen-bond donors (Lipinski definition) is 0.